The van der Waals surface area contributed by atoms with E-state index in [9.17, 15) is 4.79 Å². The monoisotopic (exact) mass is 224 g/mol. The quantitative estimate of drug-likeness (QED) is 0.778. The maximum atomic E-state index is 12.2. The molecule has 1 atom stereocenters. The fourth-order valence-electron chi connectivity index (χ4n) is 2.97. The molecule has 2 N–H and O–H groups in total. The fourth-order valence-corrected chi connectivity index (χ4v) is 2.97. The van der Waals surface area contributed by atoms with E-state index in [0.29, 0.717) is 11.8 Å². The summed E-state index contributed by atoms with van der Waals surface area (Å²) in [5.74, 6) is 1.01. The van der Waals surface area contributed by atoms with Crippen molar-refractivity contribution in [1.82, 2.24) is 4.90 Å². The van der Waals surface area contributed by atoms with Crippen LogP contribution in [0, 0.1) is 5.92 Å². The number of amides is 1. The van der Waals surface area contributed by atoms with E-state index in [0.717, 1.165) is 25.8 Å². The second-order valence-electron chi connectivity index (χ2n) is 6.11. The molecule has 0 radical (unpaired) electrons. The first-order valence-electron chi connectivity index (χ1n) is 6.55. The third-order valence-electron chi connectivity index (χ3n) is 4.21. The van der Waals surface area contributed by atoms with Gasteiger partial charge in [-0.1, -0.05) is 6.42 Å². The molecule has 1 aliphatic heterocycles. The lowest BCUT2D eigenvalue weighted by Crippen LogP contribution is -2.56. The van der Waals surface area contributed by atoms with Gasteiger partial charge >= 0.3 is 0 Å². The lowest BCUT2D eigenvalue weighted by Gasteiger charge is -2.45. The van der Waals surface area contributed by atoms with Gasteiger partial charge in [-0.25, -0.2) is 0 Å². The van der Waals surface area contributed by atoms with Gasteiger partial charge in [-0.2, -0.15) is 0 Å². The normalized spacial score (nSPS) is 29.9. The Morgan fingerprint density at radius 3 is 2.56 bits per heavy atom. The highest BCUT2D eigenvalue weighted by Gasteiger charge is 2.37. The molecule has 0 spiro atoms. The lowest BCUT2D eigenvalue weighted by molar-refractivity contribution is -0.140. The summed E-state index contributed by atoms with van der Waals surface area (Å²) < 4.78 is 0. The van der Waals surface area contributed by atoms with Gasteiger partial charge in [0.25, 0.3) is 0 Å². The van der Waals surface area contributed by atoms with Crippen molar-refractivity contribution in [1.29, 1.82) is 0 Å². The topological polar surface area (TPSA) is 46.3 Å². The Morgan fingerprint density at radius 1 is 1.38 bits per heavy atom. The summed E-state index contributed by atoms with van der Waals surface area (Å²) in [6.07, 6.45) is 6.47. The summed E-state index contributed by atoms with van der Waals surface area (Å²) >= 11 is 0. The minimum Gasteiger partial charge on any atom is -0.337 e. The van der Waals surface area contributed by atoms with E-state index in [-0.39, 0.29) is 11.6 Å². The summed E-state index contributed by atoms with van der Waals surface area (Å²) in [6, 6.07) is 0.266. The van der Waals surface area contributed by atoms with Gasteiger partial charge in [0.05, 0.1) is 0 Å². The highest BCUT2D eigenvalue weighted by atomic mass is 16.2. The van der Waals surface area contributed by atoms with Crippen molar-refractivity contribution < 1.29 is 4.79 Å². The predicted octanol–water partition coefficient (Wildman–Crippen LogP) is 1.90. The summed E-state index contributed by atoms with van der Waals surface area (Å²) in [7, 11) is 0. The van der Waals surface area contributed by atoms with E-state index in [1.807, 2.05) is 0 Å². The number of piperidine rings is 1. The van der Waals surface area contributed by atoms with E-state index in [1.54, 1.807) is 0 Å². The smallest absolute Gasteiger partial charge is 0.223 e. The van der Waals surface area contributed by atoms with E-state index < -0.39 is 0 Å². The maximum absolute atomic E-state index is 12.2. The number of likely N-dealkylation sites (tertiary alicyclic amines) is 1. The summed E-state index contributed by atoms with van der Waals surface area (Å²) in [6.45, 7) is 5.13. The van der Waals surface area contributed by atoms with Crippen molar-refractivity contribution in [2.24, 2.45) is 11.7 Å². The molecule has 1 saturated carbocycles. The maximum Gasteiger partial charge on any atom is 0.223 e. The molecular weight excluding hydrogens is 200 g/mol. The third kappa shape index (κ3) is 2.40. The average Bonchev–Trinajstić information content (AvgIpc) is 2.09. The van der Waals surface area contributed by atoms with E-state index >= 15 is 0 Å². The number of nitrogens with zero attached hydrogens (tertiary/aromatic N) is 1. The van der Waals surface area contributed by atoms with Crippen LogP contribution in [-0.2, 0) is 4.79 Å². The third-order valence-corrected chi connectivity index (χ3v) is 4.21. The zero-order valence-electron chi connectivity index (χ0n) is 10.5. The largest absolute Gasteiger partial charge is 0.337 e. The number of carbonyl (C=O) groups is 1. The Labute approximate surface area is 98.4 Å². The van der Waals surface area contributed by atoms with Crippen molar-refractivity contribution >= 4 is 5.91 Å². The number of rotatable bonds is 2. The Balaban J connectivity index is 1.93. The molecular formula is C13H24N2O. The molecule has 0 aromatic heterocycles. The van der Waals surface area contributed by atoms with Crippen LogP contribution < -0.4 is 5.73 Å². The van der Waals surface area contributed by atoms with Gasteiger partial charge in [0.15, 0.2) is 0 Å². The van der Waals surface area contributed by atoms with Crippen LogP contribution >= 0.6 is 0 Å². The molecule has 1 amide bonds. The number of hydrogen-bond acceptors (Lipinski definition) is 2. The summed E-state index contributed by atoms with van der Waals surface area (Å²) in [4.78, 5) is 14.3. The first kappa shape index (κ1) is 11.9. The van der Waals surface area contributed by atoms with E-state index in [1.165, 1.54) is 19.3 Å². The Bertz CT molecular complexity index is 271. The van der Waals surface area contributed by atoms with Gasteiger partial charge in [0.2, 0.25) is 5.91 Å². The Hall–Kier alpha value is -0.570. The van der Waals surface area contributed by atoms with Gasteiger partial charge in [-0.3, -0.25) is 4.79 Å². The van der Waals surface area contributed by atoms with Gasteiger partial charge in [-0.15, -0.1) is 0 Å². The zero-order valence-corrected chi connectivity index (χ0v) is 10.5. The standard InChI is InChI=1S/C13H24N2O/c1-13(2)9-11(14)6-7-15(13)12(16)8-10-4-3-5-10/h10-11H,3-9,14H2,1-2H3. The van der Waals surface area contributed by atoms with Crippen LogP contribution in [0.2, 0.25) is 0 Å². The van der Waals surface area contributed by atoms with Crippen molar-refractivity contribution in [3.8, 4) is 0 Å². The number of hydrogen-bond donors (Lipinski definition) is 1. The Morgan fingerprint density at radius 2 is 2.06 bits per heavy atom. The number of carbonyl (C=O) groups excluding carboxylic acids is 1. The highest BCUT2D eigenvalue weighted by molar-refractivity contribution is 5.77. The molecule has 1 heterocycles. The summed E-state index contributed by atoms with van der Waals surface area (Å²) in [5, 5.41) is 0. The van der Waals surface area contributed by atoms with Crippen LogP contribution in [0.3, 0.4) is 0 Å². The van der Waals surface area contributed by atoms with Crippen LogP contribution in [0.25, 0.3) is 0 Å². The second-order valence-corrected chi connectivity index (χ2v) is 6.11. The van der Waals surface area contributed by atoms with Gasteiger partial charge < -0.3 is 10.6 Å². The van der Waals surface area contributed by atoms with Crippen molar-refractivity contribution in [3.63, 3.8) is 0 Å². The first-order chi connectivity index (χ1) is 7.49. The molecule has 3 nitrogen and oxygen atoms in total. The molecule has 2 rings (SSSR count). The van der Waals surface area contributed by atoms with Crippen molar-refractivity contribution in [2.75, 3.05) is 6.54 Å². The molecule has 0 aromatic carbocycles. The fraction of sp³-hybridized carbons (Fsp3) is 0.923. The van der Waals surface area contributed by atoms with Crippen molar-refractivity contribution in [2.45, 2.75) is 64.0 Å². The molecule has 2 fully saturated rings. The van der Waals surface area contributed by atoms with E-state index in [2.05, 4.69) is 18.7 Å². The van der Waals surface area contributed by atoms with Gasteiger partial charge in [-0.05, 0) is 45.4 Å². The molecule has 1 saturated heterocycles. The SMILES string of the molecule is CC1(C)CC(N)CCN1C(=O)CC1CCC1. The molecule has 2 aliphatic rings. The molecule has 1 unspecified atom stereocenters. The van der Waals surface area contributed by atoms with Crippen LogP contribution in [0.15, 0.2) is 0 Å². The summed E-state index contributed by atoms with van der Waals surface area (Å²) in [5.41, 5.74) is 5.93. The first-order valence-corrected chi connectivity index (χ1v) is 6.55. The Kier molecular flexibility index (Phi) is 3.24. The number of nitrogens with two attached hydrogens (primary N) is 1. The zero-order chi connectivity index (χ0) is 11.8. The minimum absolute atomic E-state index is 0.0432. The highest BCUT2D eigenvalue weighted by Crippen LogP contribution is 2.33. The predicted molar refractivity (Wildman–Crippen MR) is 65.0 cm³/mol. The average molecular weight is 224 g/mol. The molecule has 0 aromatic rings. The van der Waals surface area contributed by atoms with Gasteiger partial charge in [0.1, 0.15) is 0 Å². The lowest BCUT2D eigenvalue weighted by atomic mass is 9.81. The molecule has 92 valence electrons. The van der Waals surface area contributed by atoms with Gasteiger partial charge in [0, 0.05) is 24.5 Å². The van der Waals surface area contributed by atoms with Crippen LogP contribution in [0.1, 0.15) is 52.4 Å². The molecule has 0 bridgehead atoms. The van der Waals surface area contributed by atoms with Crippen molar-refractivity contribution in [3.05, 3.63) is 0 Å². The van der Waals surface area contributed by atoms with Crippen LogP contribution in [0.4, 0.5) is 0 Å². The molecule has 1 aliphatic carbocycles. The second kappa shape index (κ2) is 4.36. The van der Waals surface area contributed by atoms with Crippen LogP contribution in [-0.4, -0.2) is 28.9 Å². The van der Waals surface area contributed by atoms with Crippen LogP contribution in [0.5, 0.6) is 0 Å². The molecule has 16 heavy (non-hydrogen) atoms. The van der Waals surface area contributed by atoms with E-state index in [4.69, 9.17) is 5.73 Å². The molecule has 3 heteroatoms. The minimum atomic E-state index is -0.0432.